The number of hydrogen-bond donors (Lipinski definition) is 0. The second kappa shape index (κ2) is 5.17. The third kappa shape index (κ3) is 2.03. The molecular formula is C18H19NS. The zero-order valence-electron chi connectivity index (χ0n) is 11.6. The molecule has 1 aliphatic carbocycles. The van der Waals surface area contributed by atoms with Gasteiger partial charge in [-0.05, 0) is 30.5 Å². The van der Waals surface area contributed by atoms with E-state index in [-0.39, 0.29) is 10.7 Å². The largest absolute Gasteiger partial charge is 0.222 e. The Balaban J connectivity index is 1.88. The van der Waals surface area contributed by atoms with E-state index in [9.17, 15) is 0 Å². The molecule has 1 atom stereocenters. The minimum Gasteiger partial charge on any atom is -0.222 e. The van der Waals surface area contributed by atoms with Gasteiger partial charge in [-0.15, -0.1) is 0 Å². The van der Waals surface area contributed by atoms with Gasteiger partial charge in [0.05, 0.1) is 5.69 Å². The van der Waals surface area contributed by atoms with Crippen LogP contribution < -0.4 is 0 Å². The Bertz CT molecular complexity index is 669. The lowest BCUT2D eigenvalue weighted by atomic mass is 10.0. The Kier molecular flexibility index (Phi) is 3.19. The highest BCUT2D eigenvalue weighted by atomic mass is 32.2. The molecule has 0 N–H and O–H groups in total. The van der Waals surface area contributed by atoms with E-state index in [0.29, 0.717) is 0 Å². The van der Waals surface area contributed by atoms with E-state index in [0.717, 1.165) is 5.25 Å². The summed E-state index contributed by atoms with van der Waals surface area (Å²) in [5.41, 5.74) is 3.91. The van der Waals surface area contributed by atoms with Crippen LogP contribution in [0.25, 0.3) is 11.1 Å². The van der Waals surface area contributed by atoms with Gasteiger partial charge in [0.15, 0.2) is 0 Å². The predicted molar refractivity (Wildman–Crippen MR) is 86.5 cm³/mol. The van der Waals surface area contributed by atoms with Crippen molar-refractivity contribution in [1.29, 1.82) is 0 Å². The third-order valence-corrected chi connectivity index (χ3v) is 6.67. The van der Waals surface area contributed by atoms with Crippen molar-refractivity contribution in [1.82, 2.24) is 0 Å². The predicted octanol–water partition coefficient (Wildman–Crippen LogP) is 5.49. The molecule has 1 fully saturated rings. The minimum absolute atomic E-state index is 0.0576. The molecule has 0 radical (unpaired) electrons. The summed E-state index contributed by atoms with van der Waals surface area (Å²) in [6, 6.07) is 17.5. The lowest BCUT2D eigenvalue weighted by Gasteiger charge is -2.29. The van der Waals surface area contributed by atoms with Crippen LogP contribution in [0.4, 0.5) is 5.69 Å². The van der Waals surface area contributed by atoms with Gasteiger partial charge in [-0.25, -0.2) is 4.36 Å². The SMILES string of the molecule is c1ccc2c(c1)N=S(C1CCCCC1)c1ccccc1-2. The van der Waals surface area contributed by atoms with Gasteiger partial charge in [-0.1, -0.05) is 66.4 Å². The van der Waals surface area contributed by atoms with E-state index >= 15 is 0 Å². The molecular weight excluding hydrogens is 262 g/mol. The van der Waals surface area contributed by atoms with Gasteiger partial charge in [0.25, 0.3) is 0 Å². The molecule has 1 nitrogen and oxygen atoms in total. The van der Waals surface area contributed by atoms with E-state index in [4.69, 9.17) is 4.36 Å². The number of rotatable bonds is 1. The normalized spacial score (nSPS) is 21.7. The molecule has 4 rings (SSSR count). The smallest absolute Gasteiger partial charge is 0.0785 e. The first-order valence-corrected chi connectivity index (χ1v) is 8.81. The van der Waals surface area contributed by atoms with Crippen molar-refractivity contribution >= 4 is 16.4 Å². The molecule has 20 heavy (non-hydrogen) atoms. The summed E-state index contributed by atoms with van der Waals surface area (Å²) in [7, 11) is 0.0576. The molecule has 0 aromatic heterocycles. The van der Waals surface area contributed by atoms with Gasteiger partial charge in [0.2, 0.25) is 0 Å². The number of fused-ring (bicyclic) bond motifs is 3. The zero-order valence-corrected chi connectivity index (χ0v) is 12.4. The molecule has 0 spiro atoms. The highest BCUT2D eigenvalue weighted by Gasteiger charge is 2.25. The molecule has 2 aromatic rings. The van der Waals surface area contributed by atoms with Crippen LogP contribution in [0.1, 0.15) is 32.1 Å². The molecule has 102 valence electrons. The molecule has 1 aliphatic heterocycles. The fourth-order valence-corrected chi connectivity index (χ4v) is 5.73. The van der Waals surface area contributed by atoms with E-state index < -0.39 is 0 Å². The Morgan fingerprint density at radius 2 is 1.50 bits per heavy atom. The topological polar surface area (TPSA) is 12.4 Å². The summed E-state index contributed by atoms with van der Waals surface area (Å²) in [4.78, 5) is 1.47. The van der Waals surface area contributed by atoms with Gasteiger partial charge in [-0.3, -0.25) is 0 Å². The van der Waals surface area contributed by atoms with Crippen LogP contribution >= 0.6 is 0 Å². The number of hydrogen-bond acceptors (Lipinski definition) is 1. The van der Waals surface area contributed by atoms with E-state index in [1.165, 1.54) is 53.8 Å². The van der Waals surface area contributed by atoms with Crippen molar-refractivity contribution in [2.75, 3.05) is 0 Å². The molecule has 2 aliphatic rings. The average Bonchev–Trinajstić information content (AvgIpc) is 2.55. The van der Waals surface area contributed by atoms with Gasteiger partial charge in [0.1, 0.15) is 0 Å². The number of nitrogens with zero attached hydrogens (tertiary/aromatic N) is 1. The Morgan fingerprint density at radius 1 is 0.800 bits per heavy atom. The molecule has 0 amide bonds. The first kappa shape index (κ1) is 12.3. The third-order valence-electron chi connectivity index (χ3n) is 4.37. The van der Waals surface area contributed by atoms with E-state index in [2.05, 4.69) is 48.5 Å². The first-order chi connectivity index (χ1) is 9.93. The average molecular weight is 281 g/mol. The monoisotopic (exact) mass is 281 g/mol. The summed E-state index contributed by atoms with van der Waals surface area (Å²) in [6.45, 7) is 0. The minimum atomic E-state index is 0.0576. The van der Waals surface area contributed by atoms with Crippen LogP contribution in [0.5, 0.6) is 0 Å². The molecule has 0 bridgehead atoms. The molecule has 2 heteroatoms. The van der Waals surface area contributed by atoms with Gasteiger partial charge in [0, 0.05) is 15.7 Å². The highest BCUT2D eigenvalue weighted by molar-refractivity contribution is 7.88. The number of benzene rings is 2. The lowest BCUT2D eigenvalue weighted by molar-refractivity contribution is 0.514. The molecule has 2 aromatic carbocycles. The summed E-state index contributed by atoms with van der Waals surface area (Å²) in [5, 5.41) is 0.762. The van der Waals surface area contributed by atoms with Crippen molar-refractivity contribution in [2.45, 2.75) is 42.2 Å². The van der Waals surface area contributed by atoms with Crippen LogP contribution in [-0.4, -0.2) is 5.25 Å². The van der Waals surface area contributed by atoms with E-state index in [1.807, 2.05) is 0 Å². The van der Waals surface area contributed by atoms with Crippen LogP contribution in [0.15, 0.2) is 57.8 Å². The maximum Gasteiger partial charge on any atom is 0.0785 e. The highest BCUT2D eigenvalue weighted by Crippen LogP contribution is 2.42. The molecule has 1 unspecified atom stereocenters. The Hall–Kier alpha value is -1.41. The quantitative estimate of drug-likeness (QED) is 0.655. The van der Waals surface area contributed by atoms with Crippen molar-refractivity contribution in [2.24, 2.45) is 4.36 Å². The van der Waals surface area contributed by atoms with Crippen molar-refractivity contribution in [3.05, 3.63) is 48.5 Å². The summed E-state index contributed by atoms with van der Waals surface area (Å²) in [6.07, 6.45) is 6.87. The fraction of sp³-hybridized carbons (Fsp3) is 0.333. The second-order valence-corrected chi connectivity index (χ2v) is 7.60. The molecule has 1 saturated carbocycles. The van der Waals surface area contributed by atoms with Crippen LogP contribution in [0, 0.1) is 0 Å². The van der Waals surface area contributed by atoms with Gasteiger partial charge in [-0.2, -0.15) is 0 Å². The first-order valence-electron chi connectivity index (χ1n) is 7.57. The van der Waals surface area contributed by atoms with Crippen molar-refractivity contribution in [3.8, 4) is 11.1 Å². The van der Waals surface area contributed by atoms with Gasteiger partial charge < -0.3 is 0 Å². The molecule has 0 saturated heterocycles. The summed E-state index contributed by atoms with van der Waals surface area (Å²) >= 11 is 0. The van der Waals surface area contributed by atoms with Crippen molar-refractivity contribution in [3.63, 3.8) is 0 Å². The van der Waals surface area contributed by atoms with Crippen LogP contribution in [0.3, 0.4) is 0 Å². The van der Waals surface area contributed by atoms with Crippen LogP contribution in [-0.2, 0) is 10.7 Å². The van der Waals surface area contributed by atoms with Gasteiger partial charge >= 0.3 is 0 Å². The van der Waals surface area contributed by atoms with Crippen LogP contribution in [0.2, 0.25) is 0 Å². The Labute approximate surface area is 123 Å². The summed E-state index contributed by atoms with van der Waals surface area (Å²) in [5.74, 6) is 0. The van der Waals surface area contributed by atoms with E-state index in [1.54, 1.807) is 0 Å². The molecule has 1 heterocycles. The Morgan fingerprint density at radius 3 is 2.35 bits per heavy atom. The maximum atomic E-state index is 5.14. The van der Waals surface area contributed by atoms with Crippen molar-refractivity contribution < 1.29 is 0 Å². The standard InChI is InChI=1S/C18H19NS/c1-2-8-14(9-3-1)20-18-13-7-5-11-16(18)15-10-4-6-12-17(15)19-20/h4-7,10-14H,1-3,8-9H2. The zero-order chi connectivity index (χ0) is 13.4. The fourth-order valence-electron chi connectivity index (χ4n) is 3.35. The lowest BCUT2D eigenvalue weighted by Crippen LogP contribution is -2.20. The maximum absolute atomic E-state index is 5.14. The second-order valence-electron chi connectivity index (χ2n) is 5.68. The summed E-state index contributed by atoms with van der Waals surface area (Å²) < 4.78 is 5.14.